The maximum Gasteiger partial charge on any atom is 0.335 e. The number of carbonyl (C=O) groups excluding carboxylic acids is 6. The Hall–Kier alpha value is -14.2. The molecule has 0 aliphatic heterocycles. The number of carboxylic acid groups (broad SMARTS) is 3. The van der Waals surface area contributed by atoms with Crippen molar-refractivity contribution in [1.29, 1.82) is 0 Å². The summed E-state index contributed by atoms with van der Waals surface area (Å²) in [5, 5.41) is 65.3. The number of rotatable bonds is 27. The Bertz CT molecular complexity index is 4890. The van der Waals surface area contributed by atoms with Gasteiger partial charge in [-0.15, -0.1) is 0 Å². The van der Waals surface area contributed by atoms with Crippen molar-refractivity contribution in [3.05, 3.63) is 214 Å². The summed E-state index contributed by atoms with van der Waals surface area (Å²) in [6, 6.07) is 39.8. The van der Waals surface area contributed by atoms with Gasteiger partial charge in [0.05, 0.1) is 112 Å². The van der Waals surface area contributed by atoms with Gasteiger partial charge in [-0.1, -0.05) is 0 Å². The predicted molar refractivity (Wildman–Crippen MR) is 415 cm³/mol. The Morgan fingerprint density at radius 1 is 0.282 bits per heavy atom. The number of aromatic hydroxyl groups is 2. The molecule has 6 amide bonds. The number of nitrogen functional groups attached to an aromatic ring is 3. The first kappa shape index (κ1) is 83.1. The van der Waals surface area contributed by atoms with Gasteiger partial charge in [0.25, 0.3) is 35.4 Å². The minimum absolute atomic E-state index is 0.00456. The zero-order valence-corrected chi connectivity index (χ0v) is 62.0. The van der Waals surface area contributed by atoms with E-state index < -0.39 is 64.9 Å². The molecule has 110 heavy (non-hydrogen) atoms. The molecule has 0 radical (unpaired) electrons. The van der Waals surface area contributed by atoms with Gasteiger partial charge in [-0.2, -0.15) is 0 Å². The molecule has 30 nitrogen and oxygen atoms in total. The van der Waals surface area contributed by atoms with Gasteiger partial charge in [0, 0.05) is 33.8 Å². The molecule has 17 N–H and O–H groups in total. The maximum absolute atomic E-state index is 13.6. The lowest BCUT2D eigenvalue weighted by molar-refractivity contribution is 0.0685. The molecule has 0 aliphatic rings. The summed E-state index contributed by atoms with van der Waals surface area (Å²) in [5.41, 5.74) is 20.8. The van der Waals surface area contributed by atoms with Crippen LogP contribution in [0.4, 0.5) is 51.2 Å². The van der Waals surface area contributed by atoms with Crippen molar-refractivity contribution >= 4 is 105 Å². The molecule has 9 aromatic carbocycles. The molecule has 0 saturated carbocycles. The Balaban J connectivity index is 0.000000230. The first-order valence-corrected chi connectivity index (χ1v) is 33.9. The van der Waals surface area contributed by atoms with Crippen molar-refractivity contribution in [2.45, 2.75) is 99.8 Å². The van der Waals surface area contributed by atoms with E-state index in [9.17, 15) is 68.7 Å². The molecule has 30 heteroatoms. The summed E-state index contributed by atoms with van der Waals surface area (Å²) in [6.45, 7) is 17.9. The summed E-state index contributed by atoms with van der Waals surface area (Å²) in [6.07, 6.45) is -1.48. The molecule has 0 unspecified atom stereocenters. The summed E-state index contributed by atoms with van der Waals surface area (Å²) in [7, 11) is 2.56. The van der Waals surface area contributed by atoms with E-state index in [4.69, 9.17) is 50.4 Å². The van der Waals surface area contributed by atoms with Crippen molar-refractivity contribution in [2.75, 3.05) is 63.3 Å². The Morgan fingerprint density at radius 2 is 0.536 bits per heavy atom. The molecule has 9 rings (SSSR count). The third kappa shape index (κ3) is 22.4. The zero-order chi connectivity index (χ0) is 81.0. The quantitative estimate of drug-likeness (QED) is 0.0168. The van der Waals surface area contributed by atoms with Gasteiger partial charge in [0.15, 0.2) is 34.5 Å². The second-order valence-corrected chi connectivity index (χ2v) is 25.4. The van der Waals surface area contributed by atoms with E-state index in [0.717, 1.165) is 0 Å². The van der Waals surface area contributed by atoms with Crippen LogP contribution < -0.4 is 82.3 Å². The van der Waals surface area contributed by atoms with Crippen LogP contribution in [0.15, 0.2) is 164 Å². The number of phenols is 2. The highest BCUT2D eigenvalue weighted by Crippen LogP contribution is 2.43. The first-order valence-electron chi connectivity index (χ1n) is 33.9. The molecule has 0 atom stereocenters. The fourth-order valence-electron chi connectivity index (χ4n) is 10.0. The second kappa shape index (κ2) is 37.7. The van der Waals surface area contributed by atoms with Crippen LogP contribution in [0.1, 0.15) is 162 Å². The number of carbonyl (C=O) groups is 9. The van der Waals surface area contributed by atoms with E-state index in [1.54, 1.807) is 122 Å². The molecule has 0 spiro atoms. The third-order valence-electron chi connectivity index (χ3n) is 15.0. The number of anilines is 9. The Morgan fingerprint density at radius 3 is 0.855 bits per heavy atom. The predicted octanol–water partition coefficient (Wildman–Crippen LogP) is 13.8. The Kier molecular flexibility index (Phi) is 28.5. The molecule has 0 aromatic heterocycles. The van der Waals surface area contributed by atoms with Crippen LogP contribution in [-0.2, 0) is 0 Å². The zero-order valence-electron chi connectivity index (χ0n) is 62.0. The van der Waals surface area contributed by atoms with Gasteiger partial charge >= 0.3 is 17.9 Å². The molecule has 9 aromatic rings. The number of hydrogen-bond acceptors (Lipinski definition) is 21. The fourth-order valence-corrected chi connectivity index (χ4v) is 10.0. The van der Waals surface area contributed by atoms with Crippen molar-refractivity contribution in [1.82, 2.24) is 0 Å². The van der Waals surface area contributed by atoms with Crippen LogP contribution >= 0.6 is 0 Å². The minimum atomic E-state index is -1.14. The van der Waals surface area contributed by atoms with Crippen LogP contribution in [0.25, 0.3) is 0 Å². The number of amides is 6. The number of hydrogen-bond donors (Lipinski definition) is 14. The van der Waals surface area contributed by atoms with Crippen molar-refractivity contribution in [3.8, 4) is 51.7 Å². The number of nitrogens with two attached hydrogens (primary N) is 3. The first-order chi connectivity index (χ1) is 52.0. The van der Waals surface area contributed by atoms with Gasteiger partial charge in [-0.3, -0.25) is 28.8 Å². The van der Waals surface area contributed by atoms with Gasteiger partial charge in [0.1, 0.15) is 17.2 Å². The summed E-state index contributed by atoms with van der Waals surface area (Å²) in [5.74, 6) is -6.97. The summed E-state index contributed by atoms with van der Waals surface area (Å²) >= 11 is 0. The molecule has 0 saturated heterocycles. The minimum Gasteiger partial charge on any atom is -0.504 e. The van der Waals surface area contributed by atoms with E-state index in [1.807, 2.05) is 13.8 Å². The van der Waals surface area contributed by atoms with E-state index >= 15 is 0 Å². The monoisotopic (exact) mass is 1510 g/mol. The van der Waals surface area contributed by atoms with Gasteiger partial charge in [-0.05, 0) is 233 Å². The van der Waals surface area contributed by atoms with Gasteiger partial charge < -0.3 is 108 Å². The fraction of sp³-hybridized carbons (Fsp3) is 0.212. The third-order valence-corrected chi connectivity index (χ3v) is 15.0. The van der Waals surface area contributed by atoms with Gasteiger partial charge in [0.2, 0.25) is 0 Å². The SMILES string of the molecule is CC(C)Oc1cc(C(=O)O)ccc1NC(=O)c1ccc(NC(=O)c2ccc(N)cc2)c(OC(C)C)c1OC(C)C.COc1c(C(=O)Nc2ccc(C(=O)O)cc2OC(C)C)ccc(NC(=O)c2ccc(N)cc2)c1O.COc1c(NC(=O)c2ccc(N)cc2)ccc(C(=O)Nc2ccc(C(=O)O)cc2OC(C)C)c1O. The van der Waals surface area contributed by atoms with Crippen molar-refractivity contribution in [3.63, 3.8) is 0 Å². The van der Waals surface area contributed by atoms with Crippen LogP contribution in [0.5, 0.6) is 51.7 Å². The lowest BCUT2D eigenvalue weighted by Crippen LogP contribution is -2.20. The molecule has 0 aliphatic carbocycles. The highest BCUT2D eigenvalue weighted by Gasteiger charge is 2.28. The number of ether oxygens (including phenoxy) is 7. The molecular formula is C80H85N9O21. The highest BCUT2D eigenvalue weighted by atomic mass is 16.5. The molecule has 0 heterocycles. The number of methoxy groups -OCH3 is 2. The normalized spacial score (nSPS) is 10.7. The molecule has 0 bridgehead atoms. The lowest BCUT2D eigenvalue weighted by Gasteiger charge is -2.23. The molecular weight excluding hydrogens is 1420 g/mol. The maximum atomic E-state index is 13.6. The smallest absolute Gasteiger partial charge is 0.335 e. The molecule has 576 valence electrons. The van der Waals surface area contributed by atoms with E-state index in [0.29, 0.717) is 39.4 Å². The number of phenolic OH excluding ortho intramolecular Hbond substituents is 2. The topological polar surface area (TPSA) is 470 Å². The summed E-state index contributed by atoms with van der Waals surface area (Å²) < 4.78 is 39.7. The van der Waals surface area contributed by atoms with Crippen LogP contribution in [0.3, 0.4) is 0 Å². The van der Waals surface area contributed by atoms with Crippen molar-refractivity contribution in [2.24, 2.45) is 0 Å². The average molecular weight is 1510 g/mol. The number of carboxylic acids is 3. The van der Waals surface area contributed by atoms with Crippen molar-refractivity contribution < 1.29 is 102 Å². The summed E-state index contributed by atoms with van der Waals surface area (Å²) in [4.78, 5) is 112. The highest BCUT2D eigenvalue weighted by molar-refractivity contribution is 6.13. The Labute approximate surface area is 632 Å². The number of nitrogens with one attached hydrogen (secondary N) is 6. The number of aromatic carboxylic acids is 3. The lowest BCUT2D eigenvalue weighted by atomic mass is 10.1. The van der Waals surface area contributed by atoms with Gasteiger partial charge in [-0.25, -0.2) is 14.4 Å². The van der Waals surface area contributed by atoms with E-state index in [2.05, 4.69) is 31.9 Å². The van der Waals surface area contributed by atoms with E-state index in [1.165, 1.54) is 111 Å². The van der Waals surface area contributed by atoms with Crippen LogP contribution in [-0.4, -0.2) is 124 Å². The standard InChI is InChI=1S/C30H35N3O7.2C25H25N3O7/c1-16(2)38-25-15-20(30(36)37)9-13-23(25)32-29(35)22-12-14-24(27(40-18(5)6)26(22)39-17(3)4)33-28(34)19-7-10-21(31)11-8-19;1-13(2)35-20-12-15(25(32)33)6-10-18(20)27-24(31)17-9-11-19(21(29)22(17)34-3)28-23(30)14-4-7-16(26)8-5-14;1-13(2)35-20-12-15(25(32)33)6-10-18(20)27-24(31)17-9-11-19(22(34-3)21(17)29)28-23(30)14-4-7-16(26)8-5-14/h7-18H,31H2,1-6H3,(H,32,35)(H,33,34)(H,36,37);2*4-13,29H,26H2,1-3H3,(H,27,31)(H,28,30)(H,32,33). The van der Waals surface area contributed by atoms with Crippen LogP contribution in [0.2, 0.25) is 0 Å². The second-order valence-electron chi connectivity index (χ2n) is 25.4. The number of benzene rings is 9. The van der Waals surface area contributed by atoms with Crippen LogP contribution in [0, 0.1) is 0 Å². The average Bonchev–Trinajstić information content (AvgIpc) is 0.516. The van der Waals surface area contributed by atoms with E-state index in [-0.39, 0.29) is 133 Å². The largest absolute Gasteiger partial charge is 0.504 e. The molecule has 0 fully saturated rings.